The predicted octanol–water partition coefficient (Wildman–Crippen LogP) is -0.251. The number of carbonyl (C=O) groups excluding carboxylic acids is 1. The Labute approximate surface area is 97.8 Å². The van der Waals surface area contributed by atoms with E-state index in [1.54, 1.807) is 6.20 Å². The van der Waals surface area contributed by atoms with Crippen molar-refractivity contribution in [2.24, 2.45) is 5.84 Å². The third kappa shape index (κ3) is 2.31. The van der Waals surface area contributed by atoms with Crippen molar-refractivity contribution < 1.29 is 4.79 Å². The van der Waals surface area contributed by atoms with Crippen molar-refractivity contribution in [2.75, 3.05) is 18.5 Å². The molecule has 1 aliphatic rings. The number of nitrogens with two attached hydrogens (primary N) is 1. The third-order valence-electron chi connectivity index (χ3n) is 2.66. The number of piperazine rings is 1. The molecule has 0 aromatic carbocycles. The molecule has 1 aromatic heterocycles. The highest BCUT2D eigenvalue weighted by Gasteiger charge is 2.25. The number of rotatable bonds is 3. The maximum Gasteiger partial charge on any atom is 0.237 e. The Morgan fingerprint density at radius 3 is 3.31 bits per heavy atom. The van der Waals surface area contributed by atoms with Gasteiger partial charge in [-0.05, 0) is 6.92 Å². The number of aromatic nitrogens is 1. The minimum absolute atomic E-state index is 0.0786. The van der Waals surface area contributed by atoms with Crippen molar-refractivity contribution in [3.05, 3.63) is 11.1 Å². The zero-order chi connectivity index (χ0) is 11.5. The number of nitrogens with one attached hydrogen (secondary N) is 2. The summed E-state index contributed by atoms with van der Waals surface area (Å²) in [7, 11) is 0. The average Bonchev–Trinajstić information content (AvgIpc) is 2.73. The smallest absolute Gasteiger partial charge is 0.237 e. The Morgan fingerprint density at radius 2 is 2.62 bits per heavy atom. The number of hydrogen-bond donors (Lipinski definition) is 3. The van der Waals surface area contributed by atoms with Gasteiger partial charge in [-0.3, -0.25) is 15.1 Å². The van der Waals surface area contributed by atoms with Crippen molar-refractivity contribution >= 4 is 22.4 Å². The monoisotopic (exact) mass is 241 g/mol. The van der Waals surface area contributed by atoms with Gasteiger partial charge < -0.3 is 5.32 Å². The molecule has 88 valence electrons. The lowest BCUT2D eigenvalue weighted by Gasteiger charge is -2.32. The molecule has 1 unspecified atom stereocenters. The summed E-state index contributed by atoms with van der Waals surface area (Å²) in [6, 6.07) is -0.0786. The molecular formula is C9H15N5OS. The standard InChI is InChI=1S/C9H15N5OS/c1-6-8(15)11-2-3-14(6)5-7-4-12-9(13-10)16-7/h4,6H,2-3,5,10H2,1H3,(H,11,15)(H,12,13). The molecule has 2 rings (SSSR count). The minimum Gasteiger partial charge on any atom is -0.353 e. The molecule has 4 N–H and O–H groups in total. The van der Waals surface area contributed by atoms with Crippen LogP contribution in [-0.2, 0) is 11.3 Å². The number of thiazole rings is 1. The van der Waals surface area contributed by atoms with Gasteiger partial charge in [0.25, 0.3) is 0 Å². The largest absolute Gasteiger partial charge is 0.353 e. The molecule has 6 nitrogen and oxygen atoms in total. The predicted molar refractivity (Wildman–Crippen MR) is 62.8 cm³/mol. The van der Waals surface area contributed by atoms with Gasteiger partial charge in [0.2, 0.25) is 5.91 Å². The number of amides is 1. The van der Waals surface area contributed by atoms with Gasteiger partial charge in [-0.15, -0.1) is 0 Å². The molecule has 1 aromatic rings. The summed E-state index contributed by atoms with van der Waals surface area (Å²) in [5.74, 6) is 5.36. The van der Waals surface area contributed by atoms with E-state index < -0.39 is 0 Å². The molecule has 16 heavy (non-hydrogen) atoms. The van der Waals surface area contributed by atoms with Gasteiger partial charge in [0, 0.05) is 30.7 Å². The fourth-order valence-electron chi connectivity index (χ4n) is 1.69. The number of nitrogen functional groups attached to an aromatic ring is 1. The molecule has 1 saturated heterocycles. The first kappa shape index (κ1) is 11.3. The van der Waals surface area contributed by atoms with Gasteiger partial charge >= 0.3 is 0 Å². The first-order valence-corrected chi connectivity index (χ1v) is 5.95. The second-order valence-electron chi connectivity index (χ2n) is 3.71. The average molecular weight is 241 g/mol. The molecule has 1 atom stereocenters. The Kier molecular flexibility index (Phi) is 3.37. The molecule has 2 heterocycles. The quantitative estimate of drug-likeness (QED) is 0.502. The number of hydrogen-bond acceptors (Lipinski definition) is 6. The molecule has 1 fully saturated rings. The van der Waals surface area contributed by atoms with Gasteiger partial charge in [-0.25, -0.2) is 10.8 Å². The van der Waals surface area contributed by atoms with Crippen LogP contribution in [0.5, 0.6) is 0 Å². The van der Waals surface area contributed by atoms with E-state index in [1.165, 1.54) is 11.3 Å². The van der Waals surface area contributed by atoms with E-state index in [-0.39, 0.29) is 11.9 Å². The van der Waals surface area contributed by atoms with Crippen molar-refractivity contribution in [3.8, 4) is 0 Å². The SMILES string of the molecule is CC1C(=O)NCCN1Cc1cnc(NN)s1. The molecule has 0 aliphatic carbocycles. The summed E-state index contributed by atoms with van der Waals surface area (Å²) >= 11 is 1.51. The van der Waals surface area contributed by atoms with Gasteiger partial charge in [0.15, 0.2) is 5.13 Å². The second kappa shape index (κ2) is 4.77. The summed E-state index contributed by atoms with van der Waals surface area (Å²) in [5, 5.41) is 3.54. The fraction of sp³-hybridized carbons (Fsp3) is 0.556. The Morgan fingerprint density at radius 1 is 1.81 bits per heavy atom. The van der Waals surface area contributed by atoms with Crippen LogP contribution >= 0.6 is 11.3 Å². The van der Waals surface area contributed by atoms with E-state index in [0.717, 1.165) is 18.0 Å². The Hall–Kier alpha value is -1.18. The van der Waals surface area contributed by atoms with Gasteiger partial charge in [-0.2, -0.15) is 0 Å². The summed E-state index contributed by atoms with van der Waals surface area (Å²) in [6.07, 6.45) is 1.79. The van der Waals surface area contributed by atoms with E-state index in [1.807, 2.05) is 6.92 Å². The Balaban J connectivity index is 2.00. The molecular weight excluding hydrogens is 226 g/mol. The topological polar surface area (TPSA) is 83.3 Å². The van der Waals surface area contributed by atoms with E-state index in [9.17, 15) is 4.79 Å². The number of hydrazine groups is 1. The van der Waals surface area contributed by atoms with Crippen LogP contribution in [0.25, 0.3) is 0 Å². The van der Waals surface area contributed by atoms with Crippen LogP contribution in [0, 0.1) is 0 Å². The van der Waals surface area contributed by atoms with E-state index >= 15 is 0 Å². The van der Waals surface area contributed by atoms with Crippen molar-refractivity contribution in [3.63, 3.8) is 0 Å². The number of anilines is 1. The lowest BCUT2D eigenvalue weighted by atomic mass is 10.2. The van der Waals surface area contributed by atoms with E-state index in [4.69, 9.17) is 5.84 Å². The van der Waals surface area contributed by atoms with Crippen LogP contribution in [0.2, 0.25) is 0 Å². The summed E-state index contributed by atoms with van der Waals surface area (Å²) in [4.78, 5) is 18.8. The zero-order valence-corrected chi connectivity index (χ0v) is 9.88. The zero-order valence-electron chi connectivity index (χ0n) is 9.06. The molecule has 7 heteroatoms. The molecule has 0 bridgehead atoms. The van der Waals surface area contributed by atoms with Crippen LogP contribution in [-0.4, -0.2) is 34.9 Å². The van der Waals surface area contributed by atoms with Gasteiger partial charge in [0.1, 0.15) is 0 Å². The first-order valence-electron chi connectivity index (χ1n) is 5.14. The third-order valence-corrected chi connectivity index (χ3v) is 3.57. The summed E-state index contributed by atoms with van der Waals surface area (Å²) < 4.78 is 0. The maximum atomic E-state index is 11.5. The van der Waals surface area contributed by atoms with Crippen molar-refractivity contribution in [1.82, 2.24) is 15.2 Å². The molecule has 1 amide bonds. The summed E-state index contributed by atoms with van der Waals surface area (Å²) in [5.41, 5.74) is 2.51. The maximum absolute atomic E-state index is 11.5. The van der Waals surface area contributed by atoms with Crippen molar-refractivity contribution in [1.29, 1.82) is 0 Å². The molecule has 0 saturated carbocycles. The number of nitrogens with zero attached hydrogens (tertiary/aromatic N) is 2. The minimum atomic E-state index is -0.0786. The first-order chi connectivity index (χ1) is 7.70. The van der Waals surface area contributed by atoms with Crippen LogP contribution in [0.15, 0.2) is 6.20 Å². The normalized spacial score (nSPS) is 21.9. The molecule has 0 spiro atoms. The lowest BCUT2D eigenvalue weighted by molar-refractivity contribution is -0.128. The van der Waals surface area contributed by atoms with Gasteiger partial charge in [-0.1, -0.05) is 11.3 Å². The van der Waals surface area contributed by atoms with Crippen LogP contribution in [0.3, 0.4) is 0 Å². The molecule has 0 radical (unpaired) electrons. The fourth-order valence-corrected chi connectivity index (χ4v) is 2.44. The van der Waals surface area contributed by atoms with Crippen LogP contribution < -0.4 is 16.6 Å². The van der Waals surface area contributed by atoms with Crippen LogP contribution in [0.4, 0.5) is 5.13 Å². The highest BCUT2D eigenvalue weighted by molar-refractivity contribution is 7.15. The summed E-state index contributed by atoms with van der Waals surface area (Å²) in [6.45, 7) is 4.24. The van der Waals surface area contributed by atoms with E-state index in [2.05, 4.69) is 20.6 Å². The van der Waals surface area contributed by atoms with Crippen LogP contribution in [0.1, 0.15) is 11.8 Å². The number of carbonyl (C=O) groups is 1. The lowest BCUT2D eigenvalue weighted by Crippen LogP contribution is -2.53. The molecule has 1 aliphatic heterocycles. The van der Waals surface area contributed by atoms with Gasteiger partial charge in [0.05, 0.1) is 6.04 Å². The highest BCUT2D eigenvalue weighted by Crippen LogP contribution is 2.20. The second-order valence-corrected chi connectivity index (χ2v) is 4.83. The highest BCUT2D eigenvalue weighted by atomic mass is 32.1. The van der Waals surface area contributed by atoms with Crippen molar-refractivity contribution in [2.45, 2.75) is 19.5 Å². The Bertz CT molecular complexity index is 380. The van der Waals surface area contributed by atoms with E-state index in [0.29, 0.717) is 11.7 Å².